The van der Waals surface area contributed by atoms with E-state index in [4.69, 9.17) is 0 Å². The third-order valence-electron chi connectivity index (χ3n) is 2.54. The van der Waals surface area contributed by atoms with Gasteiger partial charge in [0.1, 0.15) is 0 Å². The smallest absolute Gasteiger partial charge is 0.0388 e. The molecule has 0 aliphatic carbocycles. The van der Waals surface area contributed by atoms with Crippen molar-refractivity contribution in [2.24, 2.45) is 5.92 Å². The number of benzene rings is 1. The van der Waals surface area contributed by atoms with Crippen LogP contribution in [0.5, 0.6) is 0 Å². The average molecular weight is 192 g/mol. The molecule has 0 saturated heterocycles. The molecule has 0 bridgehead atoms. The van der Waals surface area contributed by atoms with E-state index >= 15 is 0 Å². The minimum atomic E-state index is 0.730. The van der Waals surface area contributed by atoms with Crippen LogP contribution < -0.4 is 5.19 Å². The van der Waals surface area contributed by atoms with Crippen molar-refractivity contribution >= 4 is 15.4 Å². The van der Waals surface area contributed by atoms with Crippen LogP contribution in [0.2, 0.25) is 0 Å². The summed E-state index contributed by atoms with van der Waals surface area (Å²) in [4.78, 5) is 0. The Kier molecular flexibility index (Phi) is 3.73. The van der Waals surface area contributed by atoms with Gasteiger partial charge in [-0.25, -0.2) is 0 Å². The molecule has 1 atom stereocenters. The van der Waals surface area contributed by atoms with E-state index in [1.807, 2.05) is 0 Å². The van der Waals surface area contributed by atoms with Crippen molar-refractivity contribution in [2.75, 3.05) is 0 Å². The van der Waals surface area contributed by atoms with Gasteiger partial charge in [-0.3, -0.25) is 0 Å². The Morgan fingerprint density at radius 2 is 1.77 bits per heavy atom. The van der Waals surface area contributed by atoms with Gasteiger partial charge in [-0.1, -0.05) is 50.2 Å². The fourth-order valence-electron chi connectivity index (χ4n) is 1.97. The summed E-state index contributed by atoms with van der Waals surface area (Å²) in [6.45, 7) is 6.94. The SMILES string of the molecule is CC(C)CC(C)c1ccccc1[SiH3]. The molecule has 0 amide bonds. The first kappa shape index (κ1) is 10.5. The first-order valence-corrected chi connectivity index (χ1v) is 6.16. The highest BCUT2D eigenvalue weighted by Crippen LogP contribution is 2.20. The zero-order valence-corrected chi connectivity index (χ0v) is 11.2. The number of hydrogen-bond donors (Lipinski definition) is 0. The van der Waals surface area contributed by atoms with Gasteiger partial charge in [-0.2, -0.15) is 0 Å². The van der Waals surface area contributed by atoms with E-state index in [1.165, 1.54) is 16.7 Å². The normalized spacial score (nSPS) is 13.5. The molecule has 13 heavy (non-hydrogen) atoms. The van der Waals surface area contributed by atoms with Crippen molar-refractivity contribution in [2.45, 2.75) is 33.1 Å². The fraction of sp³-hybridized carbons (Fsp3) is 0.500. The van der Waals surface area contributed by atoms with Crippen molar-refractivity contribution < 1.29 is 0 Å². The molecular formula is C12H20Si. The van der Waals surface area contributed by atoms with E-state index in [9.17, 15) is 0 Å². The van der Waals surface area contributed by atoms with Gasteiger partial charge in [0.25, 0.3) is 0 Å². The Morgan fingerprint density at radius 3 is 2.31 bits per heavy atom. The van der Waals surface area contributed by atoms with Crippen molar-refractivity contribution in [3.05, 3.63) is 29.8 Å². The third-order valence-corrected chi connectivity index (χ3v) is 3.46. The lowest BCUT2D eigenvalue weighted by Crippen LogP contribution is -2.13. The van der Waals surface area contributed by atoms with E-state index in [-0.39, 0.29) is 0 Å². The Bertz CT molecular complexity index is 266. The average Bonchev–Trinajstić information content (AvgIpc) is 2.03. The summed E-state index contributed by atoms with van der Waals surface area (Å²) in [5.41, 5.74) is 1.57. The lowest BCUT2D eigenvalue weighted by atomic mass is 9.92. The summed E-state index contributed by atoms with van der Waals surface area (Å²) < 4.78 is 0. The highest BCUT2D eigenvalue weighted by Gasteiger charge is 2.08. The van der Waals surface area contributed by atoms with Gasteiger partial charge in [0.05, 0.1) is 0 Å². The van der Waals surface area contributed by atoms with Crippen LogP contribution in [0.1, 0.15) is 38.7 Å². The minimum Gasteiger partial charge on any atom is -0.0674 e. The maximum atomic E-state index is 2.34. The third kappa shape index (κ3) is 3.00. The Labute approximate surface area is 84.8 Å². The highest BCUT2D eigenvalue weighted by molar-refractivity contribution is 6.33. The van der Waals surface area contributed by atoms with E-state index in [0.717, 1.165) is 11.8 Å². The van der Waals surface area contributed by atoms with Gasteiger partial charge in [-0.15, -0.1) is 0 Å². The summed E-state index contributed by atoms with van der Waals surface area (Å²) in [5, 5.41) is 1.57. The molecule has 1 unspecified atom stereocenters. The summed E-state index contributed by atoms with van der Waals surface area (Å²) in [5.74, 6) is 1.53. The maximum Gasteiger partial charge on any atom is 0.0388 e. The largest absolute Gasteiger partial charge is 0.0674 e. The fourth-order valence-corrected chi connectivity index (χ4v) is 2.83. The second kappa shape index (κ2) is 4.61. The van der Waals surface area contributed by atoms with Crippen LogP contribution in [0.4, 0.5) is 0 Å². The molecule has 0 fully saturated rings. The van der Waals surface area contributed by atoms with E-state index in [2.05, 4.69) is 45.0 Å². The van der Waals surface area contributed by atoms with Gasteiger partial charge in [0.2, 0.25) is 0 Å². The quantitative estimate of drug-likeness (QED) is 0.641. The molecule has 0 radical (unpaired) electrons. The summed E-state index contributed by atoms with van der Waals surface area (Å²) in [7, 11) is 1.17. The molecule has 1 rings (SSSR count). The molecule has 0 aromatic heterocycles. The van der Waals surface area contributed by atoms with Crippen LogP contribution in [0.25, 0.3) is 0 Å². The predicted octanol–water partition coefficient (Wildman–Crippen LogP) is 1.83. The van der Waals surface area contributed by atoms with Crippen molar-refractivity contribution in [3.63, 3.8) is 0 Å². The molecule has 0 aliphatic heterocycles. The van der Waals surface area contributed by atoms with Crippen LogP contribution in [0.3, 0.4) is 0 Å². The molecule has 72 valence electrons. The molecule has 1 aromatic rings. The molecule has 0 aliphatic rings. The second-order valence-corrected chi connectivity index (χ2v) is 5.46. The van der Waals surface area contributed by atoms with Crippen LogP contribution in [0, 0.1) is 5.92 Å². The first-order valence-electron chi connectivity index (χ1n) is 5.16. The summed E-state index contributed by atoms with van der Waals surface area (Å²) in [6.07, 6.45) is 1.30. The molecule has 0 nitrogen and oxygen atoms in total. The molecular weight excluding hydrogens is 172 g/mol. The lowest BCUT2D eigenvalue weighted by molar-refractivity contribution is 0.525. The molecule has 0 N–H and O–H groups in total. The molecule has 1 heteroatoms. The molecule has 0 heterocycles. The maximum absolute atomic E-state index is 2.34. The topological polar surface area (TPSA) is 0 Å². The van der Waals surface area contributed by atoms with Crippen LogP contribution in [0.15, 0.2) is 24.3 Å². The summed E-state index contributed by atoms with van der Waals surface area (Å²) in [6, 6.07) is 8.86. The number of hydrogen-bond acceptors (Lipinski definition) is 0. The highest BCUT2D eigenvalue weighted by atomic mass is 28.1. The predicted molar refractivity (Wildman–Crippen MR) is 63.9 cm³/mol. The zero-order chi connectivity index (χ0) is 9.84. The van der Waals surface area contributed by atoms with E-state index in [1.54, 1.807) is 10.8 Å². The van der Waals surface area contributed by atoms with Gasteiger partial charge in [0, 0.05) is 10.2 Å². The van der Waals surface area contributed by atoms with Crippen molar-refractivity contribution in [1.82, 2.24) is 0 Å². The first-order chi connectivity index (χ1) is 6.11. The van der Waals surface area contributed by atoms with E-state index < -0.39 is 0 Å². The Hall–Kier alpha value is -0.563. The Balaban J connectivity index is 2.76. The van der Waals surface area contributed by atoms with Gasteiger partial charge < -0.3 is 0 Å². The van der Waals surface area contributed by atoms with Crippen LogP contribution in [-0.2, 0) is 0 Å². The second-order valence-electron chi connectivity index (χ2n) is 4.39. The monoisotopic (exact) mass is 192 g/mol. The van der Waals surface area contributed by atoms with E-state index in [0.29, 0.717) is 0 Å². The lowest BCUT2D eigenvalue weighted by Gasteiger charge is -2.16. The minimum absolute atomic E-state index is 0.730. The standard InChI is InChI=1S/C12H20Si/c1-9(2)8-10(3)11-6-4-5-7-12(11)13/h4-7,9-10H,8H2,1-3,13H3. The molecule has 0 spiro atoms. The van der Waals surface area contributed by atoms with Crippen LogP contribution in [-0.4, -0.2) is 10.2 Å². The van der Waals surface area contributed by atoms with Crippen molar-refractivity contribution in [3.8, 4) is 0 Å². The van der Waals surface area contributed by atoms with Crippen molar-refractivity contribution in [1.29, 1.82) is 0 Å². The Morgan fingerprint density at radius 1 is 1.15 bits per heavy atom. The zero-order valence-electron chi connectivity index (χ0n) is 9.17. The van der Waals surface area contributed by atoms with Gasteiger partial charge in [-0.05, 0) is 23.8 Å². The summed E-state index contributed by atoms with van der Waals surface area (Å²) >= 11 is 0. The van der Waals surface area contributed by atoms with Gasteiger partial charge in [0.15, 0.2) is 0 Å². The number of rotatable bonds is 3. The molecule has 0 saturated carbocycles. The van der Waals surface area contributed by atoms with Crippen LogP contribution >= 0.6 is 0 Å². The van der Waals surface area contributed by atoms with Gasteiger partial charge >= 0.3 is 0 Å². The molecule has 1 aromatic carbocycles.